The van der Waals surface area contributed by atoms with Crippen molar-refractivity contribution in [2.45, 2.75) is 38.8 Å². The smallest absolute Gasteiger partial charge is 0.317 e. The molecule has 1 aromatic rings. The minimum atomic E-state index is -3.20. The molecule has 0 aromatic carbocycles. The third-order valence-electron chi connectivity index (χ3n) is 4.43. The summed E-state index contributed by atoms with van der Waals surface area (Å²) in [4.78, 5) is 12.5. The Bertz CT molecular complexity index is 726. The summed E-state index contributed by atoms with van der Waals surface area (Å²) >= 11 is 0. The van der Waals surface area contributed by atoms with Crippen LogP contribution in [0.5, 0.6) is 0 Å². The number of hydrogen-bond acceptors (Lipinski definition) is 5. The Labute approximate surface area is 129 Å². The molecule has 7 nitrogen and oxygen atoms in total. The summed E-state index contributed by atoms with van der Waals surface area (Å²) in [6.45, 7) is 4.49. The molecule has 1 N–H and O–H groups in total. The van der Waals surface area contributed by atoms with E-state index in [4.69, 9.17) is 0 Å². The van der Waals surface area contributed by atoms with Crippen LogP contribution in [0.4, 0.5) is 0 Å². The molecule has 3 rings (SSSR count). The van der Waals surface area contributed by atoms with Crippen molar-refractivity contribution in [3.63, 3.8) is 0 Å². The van der Waals surface area contributed by atoms with Crippen molar-refractivity contribution in [2.75, 3.05) is 18.8 Å². The van der Waals surface area contributed by atoms with Gasteiger partial charge in [-0.1, -0.05) is 0 Å². The van der Waals surface area contributed by atoms with Crippen molar-refractivity contribution in [1.82, 2.24) is 19.7 Å². The highest BCUT2D eigenvalue weighted by atomic mass is 32.2. The summed E-state index contributed by atoms with van der Waals surface area (Å²) in [5.74, 6) is 1.24. The molecule has 0 amide bonds. The van der Waals surface area contributed by atoms with Crippen molar-refractivity contribution in [2.24, 2.45) is 5.92 Å². The second-order valence-electron chi connectivity index (χ2n) is 6.01. The average molecular weight is 326 g/mol. The number of piperidine rings is 1. The van der Waals surface area contributed by atoms with Gasteiger partial charge in [0.2, 0.25) is 0 Å². The zero-order valence-electron chi connectivity index (χ0n) is 12.7. The Kier molecular flexibility index (Phi) is 4.22. The van der Waals surface area contributed by atoms with Gasteiger partial charge in [-0.15, -0.1) is 0 Å². The quantitative estimate of drug-likeness (QED) is 0.847. The summed E-state index contributed by atoms with van der Waals surface area (Å²) in [6.07, 6.45) is 4.50. The third-order valence-corrected chi connectivity index (χ3v) is 5.81. The maximum atomic E-state index is 12.5. The standard InChI is InChI=1S/C14H22N4O3S/c1-2-17-13(9-11-3-6-15-7-4-11)16-18(14(17)19)12-5-8-22(20,21)10-12/h5,8,11-12,15H,2-4,6-7,9-10H2,1H3/t12-/m1/s1. The SMILES string of the molecule is CCn1c(CC2CCNCC2)nn([C@@H]2C=CS(=O)(=O)C2)c1=O. The van der Waals surface area contributed by atoms with Crippen molar-refractivity contribution < 1.29 is 8.42 Å². The van der Waals surface area contributed by atoms with Crippen molar-refractivity contribution >= 4 is 9.84 Å². The minimum absolute atomic E-state index is 0.0690. The van der Waals surface area contributed by atoms with Crippen LogP contribution < -0.4 is 11.0 Å². The lowest BCUT2D eigenvalue weighted by Crippen LogP contribution is -2.30. The summed E-state index contributed by atoms with van der Waals surface area (Å²) in [5.41, 5.74) is -0.210. The summed E-state index contributed by atoms with van der Waals surface area (Å²) in [6, 6.07) is -0.475. The molecule has 0 aliphatic carbocycles. The molecule has 0 radical (unpaired) electrons. The molecule has 122 valence electrons. The predicted octanol–water partition coefficient (Wildman–Crippen LogP) is 0.0900. The fourth-order valence-electron chi connectivity index (χ4n) is 3.20. The molecule has 0 saturated carbocycles. The van der Waals surface area contributed by atoms with E-state index in [1.54, 1.807) is 10.6 Å². The molecule has 0 spiro atoms. The number of nitrogens with zero attached hydrogens (tertiary/aromatic N) is 3. The molecule has 1 saturated heterocycles. The van der Waals surface area contributed by atoms with Crippen molar-refractivity contribution in [3.05, 3.63) is 27.8 Å². The van der Waals surface area contributed by atoms with Gasteiger partial charge in [-0.3, -0.25) is 4.57 Å². The highest BCUT2D eigenvalue weighted by Crippen LogP contribution is 2.20. The van der Waals surface area contributed by atoms with E-state index in [1.165, 1.54) is 10.1 Å². The van der Waals surface area contributed by atoms with E-state index in [0.717, 1.165) is 38.2 Å². The highest BCUT2D eigenvalue weighted by Gasteiger charge is 2.28. The van der Waals surface area contributed by atoms with E-state index < -0.39 is 15.9 Å². The highest BCUT2D eigenvalue weighted by molar-refractivity contribution is 7.94. The Morgan fingerprint density at radius 3 is 2.68 bits per heavy atom. The van der Waals surface area contributed by atoms with Crippen LogP contribution in [0.1, 0.15) is 31.6 Å². The molecule has 1 atom stereocenters. The lowest BCUT2D eigenvalue weighted by atomic mass is 9.94. The van der Waals surface area contributed by atoms with E-state index >= 15 is 0 Å². The van der Waals surface area contributed by atoms with Crippen LogP contribution in [0.15, 0.2) is 16.3 Å². The van der Waals surface area contributed by atoms with Gasteiger partial charge in [0.15, 0.2) is 9.84 Å². The molecular weight excluding hydrogens is 304 g/mol. The van der Waals surface area contributed by atoms with Gasteiger partial charge in [0.25, 0.3) is 0 Å². The number of rotatable bonds is 4. The van der Waals surface area contributed by atoms with E-state index in [-0.39, 0.29) is 11.4 Å². The molecule has 0 bridgehead atoms. The van der Waals surface area contributed by atoms with E-state index in [9.17, 15) is 13.2 Å². The zero-order chi connectivity index (χ0) is 15.7. The van der Waals surface area contributed by atoms with E-state index in [0.29, 0.717) is 12.5 Å². The molecule has 1 fully saturated rings. The Morgan fingerprint density at radius 1 is 1.36 bits per heavy atom. The van der Waals surface area contributed by atoms with Crippen LogP contribution in [0, 0.1) is 5.92 Å². The largest absolute Gasteiger partial charge is 0.346 e. The molecule has 2 aliphatic rings. The van der Waals surface area contributed by atoms with Crippen LogP contribution in [0.3, 0.4) is 0 Å². The number of aromatic nitrogens is 3. The van der Waals surface area contributed by atoms with Crippen LogP contribution in [-0.2, 0) is 22.8 Å². The first-order valence-electron chi connectivity index (χ1n) is 7.80. The second-order valence-corrected chi connectivity index (χ2v) is 7.94. The van der Waals surface area contributed by atoms with E-state index in [2.05, 4.69) is 10.4 Å². The van der Waals surface area contributed by atoms with Gasteiger partial charge in [-0.05, 0) is 44.8 Å². The van der Waals surface area contributed by atoms with Crippen molar-refractivity contribution in [3.8, 4) is 0 Å². The fraction of sp³-hybridized carbons (Fsp3) is 0.714. The molecular formula is C14H22N4O3S. The number of sulfone groups is 1. The minimum Gasteiger partial charge on any atom is -0.317 e. The van der Waals surface area contributed by atoms with Gasteiger partial charge in [-0.25, -0.2) is 17.9 Å². The van der Waals surface area contributed by atoms with Gasteiger partial charge in [-0.2, -0.15) is 5.10 Å². The zero-order valence-corrected chi connectivity index (χ0v) is 13.6. The molecule has 0 unspecified atom stereocenters. The maximum Gasteiger partial charge on any atom is 0.346 e. The van der Waals surface area contributed by atoms with Crippen LogP contribution in [-0.4, -0.2) is 41.6 Å². The lowest BCUT2D eigenvalue weighted by molar-refractivity contribution is 0.362. The van der Waals surface area contributed by atoms with Crippen molar-refractivity contribution in [1.29, 1.82) is 0 Å². The summed E-state index contributed by atoms with van der Waals surface area (Å²) in [7, 11) is -3.20. The predicted molar refractivity (Wildman–Crippen MR) is 83.4 cm³/mol. The normalized spacial score (nSPS) is 24.9. The van der Waals surface area contributed by atoms with E-state index in [1.807, 2.05) is 6.92 Å². The number of allylic oxidation sites excluding steroid dienone is 1. The van der Waals surface area contributed by atoms with Crippen LogP contribution in [0.25, 0.3) is 0 Å². The first kappa shape index (κ1) is 15.5. The fourth-order valence-corrected chi connectivity index (χ4v) is 4.46. The monoisotopic (exact) mass is 326 g/mol. The molecule has 8 heteroatoms. The summed E-state index contributed by atoms with van der Waals surface area (Å²) in [5, 5.41) is 8.96. The number of nitrogens with one attached hydrogen (secondary N) is 1. The maximum absolute atomic E-state index is 12.5. The van der Waals surface area contributed by atoms with Gasteiger partial charge >= 0.3 is 5.69 Å². The Balaban J connectivity index is 1.86. The first-order chi connectivity index (χ1) is 10.5. The summed E-state index contributed by atoms with van der Waals surface area (Å²) < 4.78 is 26.1. The molecule has 2 aliphatic heterocycles. The molecule has 1 aromatic heterocycles. The van der Waals surface area contributed by atoms with Crippen LogP contribution >= 0.6 is 0 Å². The van der Waals surface area contributed by atoms with Gasteiger partial charge < -0.3 is 5.32 Å². The van der Waals surface area contributed by atoms with Gasteiger partial charge in [0, 0.05) is 18.4 Å². The Morgan fingerprint density at radius 2 is 2.09 bits per heavy atom. The Hall–Kier alpha value is -1.41. The average Bonchev–Trinajstić information content (AvgIpc) is 3.00. The van der Waals surface area contributed by atoms with Gasteiger partial charge in [0.1, 0.15) is 5.82 Å². The van der Waals surface area contributed by atoms with Gasteiger partial charge in [0.05, 0.1) is 11.8 Å². The first-order valence-corrected chi connectivity index (χ1v) is 9.51. The molecule has 22 heavy (non-hydrogen) atoms. The molecule has 3 heterocycles. The number of hydrogen-bond donors (Lipinski definition) is 1. The third kappa shape index (κ3) is 3.03. The van der Waals surface area contributed by atoms with Crippen LogP contribution in [0.2, 0.25) is 0 Å². The lowest BCUT2D eigenvalue weighted by Gasteiger charge is -2.21. The second kappa shape index (κ2) is 6.00. The topological polar surface area (TPSA) is 86.0 Å².